The number of morpholine rings is 1. The highest BCUT2D eigenvalue weighted by molar-refractivity contribution is 6.03. The Bertz CT molecular complexity index is 1340. The van der Waals surface area contributed by atoms with Crippen LogP contribution in [0.5, 0.6) is 0 Å². The molecule has 0 radical (unpaired) electrons. The minimum atomic E-state index is -0.469. The summed E-state index contributed by atoms with van der Waals surface area (Å²) in [7, 11) is 0. The van der Waals surface area contributed by atoms with Gasteiger partial charge in [-0.25, -0.2) is 4.79 Å². The quantitative estimate of drug-likeness (QED) is 0.200. The monoisotopic (exact) mass is 505 g/mol. The Hall–Kier alpha value is -4.44. The first-order chi connectivity index (χ1) is 17.9. The molecule has 2 aromatic carbocycles. The number of carbonyl (C=O) groups is 2. The van der Waals surface area contributed by atoms with Crippen molar-refractivity contribution in [1.82, 2.24) is 0 Å². The molecule has 4 rings (SSSR count). The molecular weight excluding hydrogens is 478 g/mol. The number of nitro benzene ring substituents is 1. The Morgan fingerprint density at radius 2 is 1.92 bits per heavy atom. The van der Waals surface area contributed by atoms with Gasteiger partial charge in [0.15, 0.2) is 0 Å². The van der Waals surface area contributed by atoms with Crippen molar-refractivity contribution in [2.45, 2.75) is 13.8 Å². The molecule has 10 nitrogen and oxygen atoms in total. The number of amides is 1. The Morgan fingerprint density at radius 3 is 2.65 bits per heavy atom. The van der Waals surface area contributed by atoms with E-state index in [2.05, 4.69) is 5.32 Å². The maximum absolute atomic E-state index is 12.6. The predicted molar refractivity (Wildman–Crippen MR) is 139 cm³/mol. The van der Waals surface area contributed by atoms with E-state index in [1.807, 2.05) is 4.90 Å². The van der Waals surface area contributed by atoms with Crippen LogP contribution in [-0.2, 0) is 14.3 Å². The molecule has 1 aliphatic heterocycles. The van der Waals surface area contributed by atoms with Gasteiger partial charge < -0.3 is 24.1 Å². The zero-order chi connectivity index (χ0) is 26.4. The fourth-order valence-corrected chi connectivity index (χ4v) is 4.00. The molecule has 1 amide bonds. The average Bonchev–Trinajstić information content (AvgIpc) is 3.37. The van der Waals surface area contributed by atoms with Crippen molar-refractivity contribution in [2.24, 2.45) is 0 Å². The van der Waals surface area contributed by atoms with Gasteiger partial charge in [-0.1, -0.05) is 6.07 Å². The van der Waals surface area contributed by atoms with Gasteiger partial charge in [0, 0.05) is 30.9 Å². The van der Waals surface area contributed by atoms with Gasteiger partial charge in [-0.2, -0.15) is 0 Å². The number of esters is 1. The highest BCUT2D eigenvalue weighted by atomic mass is 16.6. The van der Waals surface area contributed by atoms with Gasteiger partial charge in [0.1, 0.15) is 11.5 Å². The highest BCUT2D eigenvalue weighted by Crippen LogP contribution is 2.32. The van der Waals surface area contributed by atoms with Crippen LogP contribution in [0.15, 0.2) is 59.0 Å². The number of benzene rings is 2. The zero-order valence-electron chi connectivity index (χ0n) is 20.6. The van der Waals surface area contributed by atoms with Crippen molar-refractivity contribution >= 4 is 35.0 Å². The third-order valence-electron chi connectivity index (χ3n) is 5.75. The standard InChI is InChI=1S/C27H27N3O7/c1-3-36-27(32)22-17-19(5-9-23(22)29-12-14-35-15-13-29)28-26(31)11-7-20-6-10-25(37-20)21-8-4-18(2)16-24(21)30(33)34/h4-11,16-17H,3,12-15H2,1-2H3,(H,28,31)/b11-7+. The molecule has 1 saturated heterocycles. The molecule has 3 aromatic rings. The summed E-state index contributed by atoms with van der Waals surface area (Å²) in [6.45, 7) is 6.18. The SMILES string of the molecule is CCOC(=O)c1cc(NC(=O)/C=C/c2ccc(-c3ccc(C)cc3[N+](=O)[O-])o2)ccc1N1CCOCC1. The lowest BCUT2D eigenvalue weighted by atomic mass is 10.1. The molecule has 192 valence electrons. The van der Waals surface area contributed by atoms with Crippen molar-refractivity contribution in [3.05, 3.63) is 81.6 Å². The van der Waals surface area contributed by atoms with Gasteiger partial charge in [0.05, 0.1) is 41.6 Å². The Balaban J connectivity index is 1.49. The summed E-state index contributed by atoms with van der Waals surface area (Å²) in [5.41, 5.74) is 2.59. The number of aryl methyl sites for hydroxylation is 1. The van der Waals surface area contributed by atoms with Gasteiger partial charge in [-0.05, 0) is 61.9 Å². The second-order valence-corrected chi connectivity index (χ2v) is 8.35. The van der Waals surface area contributed by atoms with E-state index in [4.69, 9.17) is 13.9 Å². The lowest BCUT2D eigenvalue weighted by Crippen LogP contribution is -2.37. The number of hydrogen-bond donors (Lipinski definition) is 1. The second-order valence-electron chi connectivity index (χ2n) is 8.35. The van der Waals surface area contributed by atoms with E-state index in [1.54, 1.807) is 56.3 Å². The van der Waals surface area contributed by atoms with Crippen molar-refractivity contribution in [2.75, 3.05) is 43.1 Å². The molecule has 1 aliphatic rings. The summed E-state index contributed by atoms with van der Waals surface area (Å²) in [6, 6.07) is 13.2. The summed E-state index contributed by atoms with van der Waals surface area (Å²) in [4.78, 5) is 38.2. The molecule has 10 heteroatoms. The van der Waals surface area contributed by atoms with Crippen molar-refractivity contribution in [3.8, 4) is 11.3 Å². The summed E-state index contributed by atoms with van der Waals surface area (Å²) >= 11 is 0. The van der Waals surface area contributed by atoms with Crippen molar-refractivity contribution < 1.29 is 28.4 Å². The highest BCUT2D eigenvalue weighted by Gasteiger charge is 2.21. The number of nitrogens with one attached hydrogen (secondary N) is 1. The fraction of sp³-hybridized carbons (Fsp3) is 0.259. The number of anilines is 2. The Kier molecular flexibility index (Phi) is 7.99. The van der Waals surface area contributed by atoms with Gasteiger partial charge in [-0.15, -0.1) is 0 Å². The number of ether oxygens (including phenoxy) is 2. The molecule has 0 unspecified atom stereocenters. The molecule has 2 heterocycles. The van der Waals surface area contributed by atoms with Gasteiger partial charge >= 0.3 is 5.97 Å². The first-order valence-electron chi connectivity index (χ1n) is 11.8. The summed E-state index contributed by atoms with van der Waals surface area (Å²) < 4.78 is 16.3. The van der Waals surface area contributed by atoms with Crippen LogP contribution in [0.4, 0.5) is 17.1 Å². The van der Waals surface area contributed by atoms with E-state index in [9.17, 15) is 19.7 Å². The zero-order valence-corrected chi connectivity index (χ0v) is 20.6. The number of nitrogens with zero attached hydrogens (tertiary/aromatic N) is 2. The van der Waals surface area contributed by atoms with E-state index in [0.29, 0.717) is 54.6 Å². The van der Waals surface area contributed by atoms with Crippen LogP contribution in [0.25, 0.3) is 17.4 Å². The van der Waals surface area contributed by atoms with E-state index >= 15 is 0 Å². The summed E-state index contributed by atoms with van der Waals surface area (Å²) in [5.74, 6) is -0.225. The Morgan fingerprint density at radius 1 is 1.14 bits per heavy atom. The molecule has 37 heavy (non-hydrogen) atoms. The topological polar surface area (TPSA) is 124 Å². The minimum Gasteiger partial charge on any atom is -0.462 e. The predicted octanol–water partition coefficient (Wildman–Crippen LogP) is 4.83. The van der Waals surface area contributed by atoms with Crippen LogP contribution < -0.4 is 10.2 Å². The second kappa shape index (κ2) is 11.5. The van der Waals surface area contributed by atoms with Crippen molar-refractivity contribution in [1.29, 1.82) is 0 Å². The molecule has 1 N–H and O–H groups in total. The molecule has 0 aliphatic carbocycles. The van der Waals surface area contributed by atoms with Crippen LogP contribution in [0.2, 0.25) is 0 Å². The fourth-order valence-electron chi connectivity index (χ4n) is 4.00. The van der Waals surface area contributed by atoms with E-state index in [-0.39, 0.29) is 12.3 Å². The first-order valence-corrected chi connectivity index (χ1v) is 11.8. The molecular formula is C27H27N3O7. The third-order valence-corrected chi connectivity index (χ3v) is 5.75. The maximum Gasteiger partial charge on any atom is 0.340 e. The summed E-state index contributed by atoms with van der Waals surface area (Å²) in [5, 5.41) is 14.2. The number of hydrogen-bond acceptors (Lipinski definition) is 8. The summed E-state index contributed by atoms with van der Waals surface area (Å²) in [6.07, 6.45) is 2.75. The normalized spacial score (nSPS) is 13.5. The van der Waals surface area contributed by atoms with Crippen LogP contribution in [0.1, 0.15) is 28.6 Å². The number of rotatable bonds is 8. The van der Waals surface area contributed by atoms with Gasteiger partial charge in [-0.3, -0.25) is 14.9 Å². The number of nitro groups is 1. The van der Waals surface area contributed by atoms with E-state index in [0.717, 1.165) is 11.3 Å². The van der Waals surface area contributed by atoms with Crippen LogP contribution in [0.3, 0.4) is 0 Å². The average molecular weight is 506 g/mol. The van der Waals surface area contributed by atoms with Gasteiger partial charge in [0.25, 0.3) is 5.69 Å². The van der Waals surface area contributed by atoms with Crippen LogP contribution in [0, 0.1) is 17.0 Å². The lowest BCUT2D eigenvalue weighted by Gasteiger charge is -2.30. The Labute approximate surface area is 213 Å². The maximum atomic E-state index is 12.6. The molecule has 1 fully saturated rings. The minimum absolute atomic E-state index is 0.0550. The third kappa shape index (κ3) is 6.22. The molecule has 0 saturated carbocycles. The number of carbonyl (C=O) groups excluding carboxylic acids is 2. The van der Waals surface area contributed by atoms with E-state index in [1.165, 1.54) is 18.2 Å². The molecule has 0 atom stereocenters. The lowest BCUT2D eigenvalue weighted by molar-refractivity contribution is -0.384. The smallest absolute Gasteiger partial charge is 0.340 e. The number of furan rings is 1. The molecule has 0 bridgehead atoms. The van der Waals surface area contributed by atoms with Crippen LogP contribution >= 0.6 is 0 Å². The van der Waals surface area contributed by atoms with E-state index < -0.39 is 16.8 Å². The van der Waals surface area contributed by atoms with Gasteiger partial charge in [0.2, 0.25) is 5.91 Å². The van der Waals surface area contributed by atoms with Crippen LogP contribution in [-0.4, -0.2) is 49.7 Å². The van der Waals surface area contributed by atoms with Crippen molar-refractivity contribution in [3.63, 3.8) is 0 Å². The molecule has 0 spiro atoms. The first kappa shape index (κ1) is 25.6. The largest absolute Gasteiger partial charge is 0.462 e. The molecule has 1 aromatic heterocycles.